The molecule has 4 fully saturated rings. The molecule has 0 spiro atoms. The van der Waals surface area contributed by atoms with Crippen LogP contribution in [0.1, 0.15) is 77.7 Å². The summed E-state index contributed by atoms with van der Waals surface area (Å²) in [7, 11) is -3.60. The van der Waals surface area contributed by atoms with Gasteiger partial charge in [0, 0.05) is 0 Å². The van der Waals surface area contributed by atoms with Crippen LogP contribution in [0.15, 0.2) is 24.3 Å². The van der Waals surface area contributed by atoms with Crippen molar-refractivity contribution in [1.29, 1.82) is 0 Å². The molecular formula is C23H34O3S. The van der Waals surface area contributed by atoms with Gasteiger partial charge in [-0.05, 0) is 91.7 Å². The molecule has 4 saturated carbocycles. The van der Waals surface area contributed by atoms with Gasteiger partial charge in [0.05, 0.1) is 0 Å². The first-order valence-electron chi connectivity index (χ1n) is 10.7. The molecule has 0 unspecified atom stereocenters. The summed E-state index contributed by atoms with van der Waals surface area (Å²) in [6.45, 7) is 8.97. The normalized spacial score (nSPS) is 32.6. The molecule has 0 aromatic heterocycles. The van der Waals surface area contributed by atoms with Crippen LogP contribution in [0, 0.1) is 29.6 Å². The van der Waals surface area contributed by atoms with Crippen LogP contribution in [0.25, 0.3) is 0 Å². The fourth-order valence-electron chi connectivity index (χ4n) is 6.84. The smallest absolute Gasteiger partial charge is 0.315 e. The van der Waals surface area contributed by atoms with E-state index in [0.717, 1.165) is 19.3 Å². The molecule has 5 rings (SSSR count). The third-order valence-electron chi connectivity index (χ3n) is 7.42. The maximum Gasteiger partial charge on any atom is 0.315 e. The lowest BCUT2D eigenvalue weighted by molar-refractivity contribution is 0.0308. The molecule has 0 heterocycles. The van der Waals surface area contributed by atoms with Crippen molar-refractivity contribution in [2.75, 3.05) is 0 Å². The maximum atomic E-state index is 13.3. The van der Waals surface area contributed by atoms with Crippen LogP contribution in [-0.4, -0.2) is 13.2 Å². The Kier molecular flexibility index (Phi) is 4.85. The molecule has 4 bridgehead atoms. The molecule has 3 nitrogen and oxygen atoms in total. The van der Waals surface area contributed by atoms with Crippen LogP contribution < -0.4 is 4.18 Å². The fourth-order valence-corrected chi connectivity index (χ4v) is 8.70. The van der Waals surface area contributed by atoms with Gasteiger partial charge >= 0.3 is 10.1 Å². The Labute approximate surface area is 165 Å². The summed E-state index contributed by atoms with van der Waals surface area (Å²) in [6, 6.07) is 7.81. The van der Waals surface area contributed by atoms with Gasteiger partial charge in [-0.3, -0.25) is 0 Å². The minimum Gasteiger partial charge on any atom is -0.382 e. The predicted octanol–water partition coefficient (Wildman–Crippen LogP) is 5.76. The summed E-state index contributed by atoms with van der Waals surface area (Å²) >= 11 is 0. The van der Waals surface area contributed by atoms with E-state index >= 15 is 0 Å². The van der Waals surface area contributed by atoms with Gasteiger partial charge in [-0.15, -0.1) is 0 Å². The summed E-state index contributed by atoms with van der Waals surface area (Å²) in [6.07, 6.45) is 6.12. The number of hydrogen-bond donors (Lipinski definition) is 0. The van der Waals surface area contributed by atoms with Crippen molar-refractivity contribution in [3.05, 3.63) is 29.8 Å². The molecule has 4 aliphatic carbocycles. The lowest BCUT2D eigenvalue weighted by Gasteiger charge is -2.55. The van der Waals surface area contributed by atoms with E-state index in [1.54, 1.807) is 0 Å². The van der Waals surface area contributed by atoms with E-state index in [2.05, 4.69) is 39.8 Å². The Morgan fingerprint density at radius 2 is 1.30 bits per heavy atom. The van der Waals surface area contributed by atoms with Gasteiger partial charge in [0.2, 0.25) is 0 Å². The van der Waals surface area contributed by atoms with Crippen molar-refractivity contribution in [3.63, 3.8) is 0 Å². The fraction of sp³-hybridized carbons (Fsp3) is 0.739. The van der Waals surface area contributed by atoms with Crippen LogP contribution in [0.5, 0.6) is 5.75 Å². The van der Waals surface area contributed by atoms with Gasteiger partial charge < -0.3 is 4.18 Å². The summed E-state index contributed by atoms with van der Waals surface area (Å²) < 4.78 is 31.6. The topological polar surface area (TPSA) is 43.4 Å². The molecule has 1 aromatic carbocycles. The molecule has 4 heteroatoms. The highest BCUT2D eigenvalue weighted by Gasteiger charge is 2.58. The van der Waals surface area contributed by atoms with E-state index in [0.29, 0.717) is 41.3 Å². The second-order valence-electron chi connectivity index (χ2n) is 10.2. The molecule has 27 heavy (non-hydrogen) atoms. The molecular weight excluding hydrogens is 356 g/mol. The first kappa shape index (κ1) is 19.3. The van der Waals surface area contributed by atoms with E-state index < -0.39 is 14.9 Å². The number of hydrogen-bond acceptors (Lipinski definition) is 3. The SMILES string of the molecule is CC(C)C(c1ccc(OS(=O)(=O)C23CC4CC(CC(C4)C2)C3)cc1)C(C)C. The first-order chi connectivity index (χ1) is 12.7. The highest BCUT2D eigenvalue weighted by atomic mass is 32.2. The van der Waals surface area contributed by atoms with Gasteiger partial charge in [0.1, 0.15) is 10.5 Å². The van der Waals surface area contributed by atoms with Crippen molar-refractivity contribution in [1.82, 2.24) is 0 Å². The monoisotopic (exact) mass is 390 g/mol. The lowest BCUT2D eigenvalue weighted by atomic mass is 9.56. The van der Waals surface area contributed by atoms with E-state index in [-0.39, 0.29) is 0 Å². The molecule has 150 valence electrons. The lowest BCUT2D eigenvalue weighted by Crippen LogP contribution is -2.55. The van der Waals surface area contributed by atoms with Gasteiger partial charge in [-0.1, -0.05) is 39.8 Å². The number of benzene rings is 1. The maximum absolute atomic E-state index is 13.3. The molecule has 0 atom stereocenters. The molecule has 0 N–H and O–H groups in total. The highest BCUT2D eigenvalue weighted by molar-refractivity contribution is 7.88. The minimum absolute atomic E-state index is 0.471. The standard InChI is InChI=1S/C23H34O3S/c1-15(2)22(16(3)4)20-5-7-21(8-6-20)26-27(24,25)23-12-17-9-18(13-23)11-19(10-17)14-23/h5-8,15-19,22H,9-14H2,1-4H3. The Balaban J connectivity index is 1.53. The zero-order valence-electron chi connectivity index (χ0n) is 17.1. The minimum atomic E-state index is -3.60. The molecule has 0 radical (unpaired) electrons. The van der Waals surface area contributed by atoms with Crippen molar-refractivity contribution in [2.24, 2.45) is 29.6 Å². The molecule has 1 aromatic rings. The third-order valence-corrected chi connectivity index (χ3v) is 9.39. The zero-order chi connectivity index (χ0) is 19.4. The summed E-state index contributed by atoms with van der Waals surface area (Å²) in [4.78, 5) is 0. The van der Waals surface area contributed by atoms with E-state index in [4.69, 9.17) is 4.18 Å². The summed E-state index contributed by atoms with van der Waals surface area (Å²) in [5.74, 6) is 3.82. The zero-order valence-corrected chi connectivity index (χ0v) is 18.0. The van der Waals surface area contributed by atoms with Crippen molar-refractivity contribution in [3.8, 4) is 5.75 Å². The third kappa shape index (κ3) is 3.43. The van der Waals surface area contributed by atoms with E-state index in [1.807, 2.05) is 12.1 Å². The average Bonchev–Trinajstić information content (AvgIpc) is 2.54. The van der Waals surface area contributed by atoms with Crippen LogP contribution >= 0.6 is 0 Å². The van der Waals surface area contributed by atoms with Crippen LogP contribution in [0.2, 0.25) is 0 Å². The van der Waals surface area contributed by atoms with Gasteiger partial charge in [0.15, 0.2) is 0 Å². The predicted molar refractivity (Wildman–Crippen MR) is 109 cm³/mol. The summed E-state index contributed by atoms with van der Waals surface area (Å²) in [5, 5.41) is 0. The Bertz CT molecular complexity index is 733. The molecule has 4 aliphatic rings. The van der Waals surface area contributed by atoms with Gasteiger partial charge in [-0.25, -0.2) is 0 Å². The largest absolute Gasteiger partial charge is 0.382 e. The molecule has 0 aliphatic heterocycles. The second kappa shape index (κ2) is 6.79. The van der Waals surface area contributed by atoms with Crippen LogP contribution in [-0.2, 0) is 10.1 Å². The van der Waals surface area contributed by atoms with Crippen LogP contribution in [0.3, 0.4) is 0 Å². The second-order valence-corrected chi connectivity index (χ2v) is 12.2. The Morgan fingerprint density at radius 1 is 0.852 bits per heavy atom. The van der Waals surface area contributed by atoms with Crippen molar-refractivity contribution < 1.29 is 12.6 Å². The quantitative estimate of drug-likeness (QED) is 0.580. The highest BCUT2D eigenvalue weighted by Crippen LogP contribution is 2.58. The first-order valence-corrected chi connectivity index (χ1v) is 12.1. The van der Waals surface area contributed by atoms with Gasteiger partial charge in [-0.2, -0.15) is 8.42 Å². The Morgan fingerprint density at radius 3 is 1.70 bits per heavy atom. The average molecular weight is 391 g/mol. The van der Waals surface area contributed by atoms with E-state index in [9.17, 15) is 8.42 Å². The summed E-state index contributed by atoms with van der Waals surface area (Å²) in [5.41, 5.74) is 1.26. The van der Waals surface area contributed by atoms with Crippen molar-refractivity contribution in [2.45, 2.75) is 76.9 Å². The van der Waals surface area contributed by atoms with Gasteiger partial charge in [0.25, 0.3) is 0 Å². The number of rotatable bonds is 6. The Hall–Kier alpha value is -1.03. The molecule has 0 saturated heterocycles. The van der Waals surface area contributed by atoms with Crippen LogP contribution in [0.4, 0.5) is 0 Å². The molecule has 0 amide bonds. The van der Waals surface area contributed by atoms with Crippen molar-refractivity contribution >= 4 is 10.1 Å². The van der Waals surface area contributed by atoms with E-state index in [1.165, 1.54) is 24.8 Å².